The van der Waals surface area contributed by atoms with Crippen LogP contribution in [-0.4, -0.2) is 23.3 Å². The normalized spacial score (nSPS) is 12.9. The molecular formula is C16H31N3O2. The Labute approximate surface area is 128 Å². The van der Waals surface area contributed by atoms with E-state index in [0.29, 0.717) is 24.9 Å². The minimum atomic E-state index is -0.413. The van der Waals surface area contributed by atoms with E-state index in [9.17, 15) is 0 Å². The first-order valence-electron chi connectivity index (χ1n) is 8.10. The fourth-order valence-corrected chi connectivity index (χ4v) is 2.61. The molecule has 1 rings (SSSR count). The summed E-state index contributed by atoms with van der Waals surface area (Å²) >= 11 is 0. The summed E-state index contributed by atoms with van der Waals surface area (Å²) in [4.78, 5) is 4.57. The number of hydrogen-bond acceptors (Lipinski definition) is 5. The second-order valence-electron chi connectivity index (χ2n) is 6.35. The Hall–Kier alpha value is -0.940. The predicted octanol–water partition coefficient (Wildman–Crippen LogP) is 3.43. The smallest absolute Gasteiger partial charge is 0.226 e. The van der Waals surface area contributed by atoms with Gasteiger partial charge >= 0.3 is 0 Å². The van der Waals surface area contributed by atoms with Gasteiger partial charge in [-0.25, -0.2) is 0 Å². The molecule has 0 aromatic carbocycles. The van der Waals surface area contributed by atoms with Gasteiger partial charge in [0.25, 0.3) is 0 Å². The van der Waals surface area contributed by atoms with Gasteiger partial charge in [0.2, 0.25) is 11.7 Å². The lowest BCUT2D eigenvalue weighted by atomic mass is 9.84. The van der Waals surface area contributed by atoms with Gasteiger partial charge in [0, 0.05) is 13.0 Å². The van der Waals surface area contributed by atoms with Crippen LogP contribution in [-0.2, 0) is 16.8 Å². The minimum Gasteiger partial charge on any atom is -0.367 e. The molecule has 0 aliphatic carbocycles. The molecule has 21 heavy (non-hydrogen) atoms. The summed E-state index contributed by atoms with van der Waals surface area (Å²) in [5.41, 5.74) is 5.44. The van der Waals surface area contributed by atoms with E-state index < -0.39 is 5.60 Å². The van der Waals surface area contributed by atoms with Crippen LogP contribution in [0.15, 0.2) is 4.52 Å². The fraction of sp³-hybridized carbons (Fsp3) is 0.875. The van der Waals surface area contributed by atoms with Crippen molar-refractivity contribution in [1.82, 2.24) is 10.1 Å². The molecule has 0 atom stereocenters. The van der Waals surface area contributed by atoms with Crippen molar-refractivity contribution in [3.63, 3.8) is 0 Å². The topological polar surface area (TPSA) is 74.2 Å². The molecule has 5 heteroatoms. The van der Waals surface area contributed by atoms with Crippen LogP contribution in [0.25, 0.3) is 0 Å². The molecule has 122 valence electrons. The Morgan fingerprint density at radius 1 is 1.14 bits per heavy atom. The standard InChI is InChI=1S/C16H31N3O2/c1-6-16(7-2,20-8-3)14-18-13(21-19-14)9-10-15(4,5)11-12-17/h6-12,17H2,1-5H3. The van der Waals surface area contributed by atoms with Crippen molar-refractivity contribution in [2.45, 2.75) is 72.3 Å². The number of nitrogens with zero attached hydrogens (tertiary/aromatic N) is 2. The first-order chi connectivity index (χ1) is 9.93. The van der Waals surface area contributed by atoms with Gasteiger partial charge in [-0.1, -0.05) is 32.9 Å². The van der Waals surface area contributed by atoms with Crippen LogP contribution in [0.5, 0.6) is 0 Å². The fourth-order valence-electron chi connectivity index (χ4n) is 2.61. The molecule has 0 aliphatic rings. The minimum absolute atomic E-state index is 0.204. The second-order valence-corrected chi connectivity index (χ2v) is 6.35. The van der Waals surface area contributed by atoms with E-state index >= 15 is 0 Å². The van der Waals surface area contributed by atoms with Gasteiger partial charge in [0.1, 0.15) is 5.60 Å². The van der Waals surface area contributed by atoms with Gasteiger partial charge in [-0.2, -0.15) is 4.98 Å². The SMILES string of the molecule is CCOC(CC)(CC)c1noc(CCC(C)(C)CCN)n1. The van der Waals surface area contributed by atoms with Gasteiger partial charge < -0.3 is 15.0 Å². The summed E-state index contributed by atoms with van der Waals surface area (Å²) in [6, 6.07) is 0. The Bertz CT molecular complexity index is 411. The van der Waals surface area contributed by atoms with Crippen LogP contribution in [0, 0.1) is 5.41 Å². The second kappa shape index (κ2) is 7.90. The Morgan fingerprint density at radius 2 is 1.81 bits per heavy atom. The van der Waals surface area contributed by atoms with Gasteiger partial charge in [-0.3, -0.25) is 0 Å². The average Bonchev–Trinajstić information content (AvgIpc) is 2.92. The molecule has 0 amide bonds. The number of aryl methyl sites for hydroxylation is 1. The van der Waals surface area contributed by atoms with Crippen molar-refractivity contribution in [1.29, 1.82) is 0 Å². The third kappa shape index (κ3) is 4.78. The van der Waals surface area contributed by atoms with Crippen LogP contribution in [0.4, 0.5) is 0 Å². The van der Waals surface area contributed by atoms with E-state index in [2.05, 4.69) is 37.8 Å². The zero-order valence-corrected chi connectivity index (χ0v) is 14.2. The molecule has 0 saturated carbocycles. The molecule has 1 aromatic heterocycles. The molecule has 0 fully saturated rings. The summed E-state index contributed by atoms with van der Waals surface area (Å²) in [5.74, 6) is 1.38. The van der Waals surface area contributed by atoms with E-state index in [4.69, 9.17) is 15.0 Å². The Balaban J connectivity index is 2.76. The molecule has 2 N–H and O–H groups in total. The number of rotatable bonds is 10. The summed E-state index contributed by atoms with van der Waals surface area (Å²) in [6.07, 6.45) is 4.46. The molecule has 0 radical (unpaired) electrons. The third-order valence-electron chi connectivity index (χ3n) is 4.28. The van der Waals surface area contributed by atoms with Crippen molar-refractivity contribution in [2.75, 3.05) is 13.2 Å². The summed E-state index contributed by atoms with van der Waals surface area (Å²) < 4.78 is 11.3. The summed E-state index contributed by atoms with van der Waals surface area (Å²) in [6.45, 7) is 12.0. The predicted molar refractivity (Wildman–Crippen MR) is 84.0 cm³/mol. The molecule has 0 spiro atoms. The third-order valence-corrected chi connectivity index (χ3v) is 4.28. The molecule has 5 nitrogen and oxygen atoms in total. The van der Waals surface area contributed by atoms with Crippen molar-refractivity contribution in [3.05, 3.63) is 11.7 Å². The summed E-state index contributed by atoms with van der Waals surface area (Å²) in [5, 5.41) is 4.16. The highest BCUT2D eigenvalue weighted by atomic mass is 16.5. The van der Waals surface area contributed by atoms with Crippen LogP contribution in [0.2, 0.25) is 0 Å². The zero-order valence-electron chi connectivity index (χ0n) is 14.2. The Kier molecular flexibility index (Phi) is 6.81. The lowest BCUT2D eigenvalue weighted by Gasteiger charge is -2.27. The van der Waals surface area contributed by atoms with Gasteiger partial charge in [-0.15, -0.1) is 0 Å². The maximum atomic E-state index is 5.91. The van der Waals surface area contributed by atoms with Crippen LogP contribution in [0.1, 0.15) is 72.0 Å². The van der Waals surface area contributed by atoms with Crippen LogP contribution in [0.3, 0.4) is 0 Å². The van der Waals surface area contributed by atoms with Crippen LogP contribution < -0.4 is 5.73 Å². The van der Waals surface area contributed by atoms with Crippen LogP contribution >= 0.6 is 0 Å². The molecule has 1 heterocycles. The van der Waals surface area contributed by atoms with Crippen molar-refractivity contribution < 1.29 is 9.26 Å². The molecular weight excluding hydrogens is 266 g/mol. The molecule has 0 aliphatic heterocycles. The highest BCUT2D eigenvalue weighted by Gasteiger charge is 2.34. The first kappa shape index (κ1) is 18.1. The van der Waals surface area contributed by atoms with Gasteiger partial charge in [-0.05, 0) is 44.6 Å². The molecule has 1 aromatic rings. The number of nitrogens with two attached hydrogens (primary N) is 1. The van der Waals surface area contributed by atoms with E-state index in [1.54, 1.807) is 0 Å². The number of aromatic nitrogens is 2. The first-order valence-corrected chi connectivity index (χ1v) is 8.10. The van der Waals surface area contributed by atoms with E-state index in [-0.39, 0.29) is 5.41 Å². The number of ether oxygens (including phenoxy) is 1. The maximum absolute atomic E-state index is 5.91. The molecule has 0 unspecified atom stereocenters. The Morgan fingerprint density at radius 3 is 2.33 bits per heavy atom. The van der Waals surface area contributed by atoms with Crippen molar-refractivity contribution in [2.24, 2.45) is 11.1 Å². The van der Waals surface area contributed by atoms with Gasteiger partial charge in [0.15, 0.2) is 0 Å². The van der Waals surface area contributed by atoms with E-state index in [0.717, 1.165) is 32.1 Å². The highest BCUT2D eigenvalue weighted by Crippen LogP contribution is 2.32. The molecule has 0 saturated heterocycles. The van der Waals surface area contributed by atoms with Crippen molar-refractivity contribution >= 4 is 0 Å². The van der Waals surface area contributed by atoms with Crippen molar-refractivity contribution in [3.8, 4) is 0 Å². The maximum Gasteiger partial charge on any atom is 0.226 e. The highest BCUT2D eigenvalue weighted by molar-refractivity contribution is 5.01. The summed E-state index contributed by atoms with van der Waals surface area (Å²) in [7, 11) is 0. The largest absolute Gasteiger partial charge is 0.367 e. The van der Waals surface area contributed by atoms with E-state index in [1.807, 2.05) is 6.92 Å². The monoisotopic (exact) mass is 297 g/mol. The van der Waals surface area contributed by atoms with E-state index in [1.165, 1.54) is 0 Å². The lowest BCUT2D eigenvalue weighted by Crippen LogP contribution is -2.29. The van der Waals surface area contributed by atoms with Gasteiger partial charge in [0.05, 0.1) is 0 Å². The lowest BCUT2D eigenvalue weighted by molar-refractivity contribution is -0.0583. The zero-order chi connectivity index (χ0) is 15.9. The average molecular weight is 297 g/mol. The number of hydrogen-bond donors (Lipinski definition) is 1. The quantitative estimate of drug-likeness (QED) is 0.716. The molecule has 0 bridgehead atoms.